The Morgan fingerprint density at radius 1 is 1.06 bits per heavy atom. The summed E-state index contributed by atoms with van der Waals surface area (Å²) in [6.07, 6.45) is 1.77. The molecule has 3 aromatic rings. The smallest absolute Gasteiger partial charge is 0.101 e. The Labute approximate surface area is 190 Å². The predicted octanol–water partition coefficient (Wildman–Crippen LogP) is 3.51. The first kappa shape index (κ1) is 20.9. The SMILES string of the molecule is Cc1ccc(CN2CCN3C(C)CN(c4ccc(C#N)c5ncccc45)CC3C2)c(C)n1. The number of aromatic nitrogens is 2. The quantitative estimate of drug-likeness (QED) is 0.639. The van der Waals surface area contributed by atoms with Crippen molar-refractivity contribution in [1.82, 2.24) is 19.8 Å². The fourth-order valence-corrected chi connectivity index (χ4v) is 5.42. The molecule has 5 rings (SSSR count). The first-order valence-corrected chi connectivity index (χ1v) is 11.5. The summed E-state index contributed by atoms with van der Waals surface area (Å²) in [6, 6.07) is 15.7. The molecule has 2 atom stereocenters. The molecule has 1 aromatic carbocycles. The van der Waals surface area contributed by atoms with Crippen molar-refractivity contribution in [3.05, 3.63) is 65.1 Å². The Bertz CT molecular complexity index is 1180. The van der Waals surface area contributed by atoms with Gasteiger partial charge in [0.05, 0.1) is 11.1 Å². The molecule has 2 unspecified atom stereocenters. The van der Waals surface area contributed by atoms with Gasteiger partial charge in [-0.15, -0.1) is 0 Å². The number of hydrogen-bond donors (Lipinski definition) is 0. The van der Waals surface area contributed by atoms with E-state index in [1.54, 1.807) is 6.20 Å². The molecule has 0 aliphatic carbocycles. The fraction of sp³-hybridized carbons (Fsp3) is 0.423. The summed E-state index contributed by atoms with van der Waals surface area (Å²) in [7, 11) is 0. The number of nitrogens with zero attached hydrogens (tertiary/aromatic N) is 6. The summed E-state index contributed by atoms with van der Waals surface area (Å²) >= 11 is 0. The normalized spacial score (nSPS) is 22.0. The summed E-state index contributed by atoms with van der Waals surface area (Å²) in [5.74, 6) is 0. The van der Waals surface area contributed by atoms with E-state index in [1.807, 2.05) is 12.1 Å². The van der Waals surface area contributed by atoms with Crippen LogP contribution in [0.2, 0.25) is 0 Å². The van der Waals surface area contributed by atoms with E-state index in [0.29, 0.717) is 17.6 Å². The Balaban J connectivity index is 1.38. The number of benzene rings is 1. The Hall–Kier alpha value is -3.01. The van der Waals surface area contributed by atoms with Gasteiger partial charge in [0, 0.05) is 80.0 Å². The van der Waals surface area contributed by atoms with Crippen LogP contribution in [0.5, 0.6) is 0 Å². The number of pyridine rings is 2. The van der Waals surface area contributed by atoms with Crippen LogP contribution in [0, 0.1) is 25.2 Å². The number of anilines is 1. The van der Waals surface area contributed by atoms with Gasteiger partial charge >= 0.3 is 0 Å². The average Bonchev–Trinajstić information content (AvgIpc) is 2.80. The number of aryl methyl sites for hydroxylation is 2. The summed E-state index contributed by atoms with van der Waals surface area (Å²) < 4.78 is 0. The van der Waals surface area contributed by atoms with Gasteiger partial charge in [-0.1, -0.05) is 6.07 Å². The van der Waals surface area contributed by atoms with Crippen LogP contribution < -0.4 is 4.90 Å². The lowest BCUT2D eigenvalue weighted by Gasteiger charge is -2.51. The molecule has 164 valence electrons. The van der Waals surface area contributed by atoms with Crippen molar-refractivity contribution >= 4 is 16.6 Å². The van der Waals surface area contributed by atoms with Gasteiger partial charge in [-0.25, -0.2) is 0 Å². The maximum atomic E-state index is 9.50. The zero-order valence-corrected chi connectivity index (χ0v) is 19.1. The van der Waals surface area contributed by atoms with Gasteiger partial charge in [0.15, 0.2) is 0 Å². The van der Waals surface area contributed by atoms with E-state index >= 15 is 0 Å². The molecule has 4 heterocycles. The van der Waals surface area contributed by atoms with Crippen molar-refractivity contribution in [1.29, 1.82) is 5.26 Å². The van der Waals surface area contributed by atoms with Crippen LogP contribution in [0.4, 0.5) is 5.69 Å². The Kier molecular flexibility index (Phi) is 5.54. The van der Waals surface area contributed by atoms with Crippen LogP contribution in [0.1, 0.15) is 29.4 Å². The molecule has 6 nitrogen and oxygen atoms in total. The van der Waals surface area contributed by atoms with Crippen LogP contribution in [-0.2, 0) is 6.54 Å². The minimum Gasteiger partial charge on any atom is -0.368 e. The summed E-state index contributed by atoms with van der Waals surface area (Å²) in [5, 5.41) is 10.6. The highest BCUT2D eigenvalue weighted by atomic mass is 15.4. The minimum atomic E-state index is 0.480. The second-order valence-corrected chi connectivity index (χ2v) is 9.22. The maximum absolute atomic E-state index is 9.50. The van der Waals surface area contributed by atoms with E-state index in [0.717, 1.165) is 61.6 Å². The van der Waals surface area contributed by atoms with Crippen molar-refractivity contribution in [3.63, 3.8) is 0 Å². The van der Waals surface area contributed by atoms with Gasteiger partial charge in [-0.2, -0.15) is 5.26 Å². The lowest BCUT2D eigenvalue weighted by Crippen LogP contribution is -2.65. The first-order chi connectivity index (χ1) is 15.5. The lowest BCUT2D eigenvalue weighted by atomic mass is 10.0. The van der Waals surface area contributed by atoms with Crippen molar-refractivity contribution in [2.24, 2.45) is 0 Å². The van der Waals surface area contributed by atoms with Crippen LogP contribution in [0.3, 0.4) is 0 Å². The zero-order valence-electron chi connectivity index (χ0n) is 19.1. The molecule has 2 fully saturated rings. The first-order valence-electron chi connectivity index (χ1n) is 11.5. The molecule has 2 saturated heterocycles. The Morgan fingerprint density at radius 3 is 2.75 bits per heavy atom. The molecule has 0 radical (unpaired) electrons. The van der Waals surface area contributed by atoms with Gasteiger partial charge < -0.3 is 4.90 Å². The molecular weight excluding hydrogens is 396 g/mol. The lowest BCUT2D eigenvalue weighted by molar-refractivity contribution is 0.0316. The molecule has 2 aliphatic rings. The average molecular weight is 427 g/mol. The van der Waals surface area contributed by atoms with Crippen LogP contribution in [0.15, 0.2) is 42.6 Å². The van der Waals surface area contributed by atoms with Gasteiger partial charge in [0.1, 0.15) is 6.07 Å². The van der Waals surface area contributed by atoms with Crippen molar-refractivity contribution in [3.8, 4) is 6.07 Å². The molecule has 32 heavy (non-hydrogen) atoms. The molecule has 2 aromatic heterocycles. The van der Waals surface area contributed by atoms with Crippen molar-refractivity contribution in [2.45, 2.75) is 39.4 Å². The molecule has 0 spiro atoms. The molecule has 0 amide bonds. The minimum absolute atomic E-state index is 0.480. The molecule has 2 aliphatic heterocycles. The standard InChI is InChI=1S/C26H30N6/c1-18-6-7-22(20(3)29-18)15-30-11-12-32-19(2)14-31(17-23(32)16-30)25-9-8-21(13-27)26-24(25)5-4-10-28-26/h4-10,19,23H,11-12,14-17H2,1-3H3. The monoisotopic (exact) mass is 426 g/mol. The van der Waals surface area contributed by atoms with Gasteiger partial charge in [0.2, 0.25) is 0 Å². The third kappa shape index (κ3) is 3.83. The van der Waals surface area contributed by atoms with Crippen LogP contribution in [0.25, 0.3) is 10.9 Å². The van der Waals surface area contributed by atoms with Gasteiger partial charge in [-0.3, -0.25) is 19.8 Å². The molecule has 6 heteroatoms. The Morgan fingerprint density at radius 2 is 1.94 bits per heavy atom. The second-order valence-electron chi connectivity index (χ2n) is 9.22. The summed E-state index contributed by atoms with van der Waals surface area (Å²) in [5.41, 5.74) is 6.18. The molecule has 0 N–H and O–H groups in total. The number of nitriles is 1. The zero-order chi connectivity index (χ0) is 22.2. The van der Waals surface area contributed by atoms with E-state index < -0.39 is 0 Å². The fourth-order valence-electron chi connectivity index (χ4n) is 5.42. The number of fused-ring (bicyclic) bond motifs is 2. The predicted molar refractivity (Wildman–Crippen MR) is 128 cm³/mol. The molecule has 0 saturated carbocycles. The van der Waals surface area contributed by atoms with E-state index in [9.17, 15) is 5.26 Å². The topological polar surface area (TPSA) is 59.3 Å². The highest BCUT2D eigenvalue weighted by Gasteiger charge is 2.36. The summed E-state index contributed by atoms with van der Waals surface area (Å²) in [4.78, 5) is 16.9. The van der Waals surface area contributed by atoms with Gasteiger partial charge in [0.25, 0.3) is 0 Å². The number of piperazine rings is 2. The van der Waals surface area contributed by atoms with Crippen molar-refractivity contribution in [2.75, 3.05) is 37.6 Å². The molecular formula is C26H30N6. The maximum Gasteiger partial charge on any atom is 0.101 e. The van der Waals surface area contributed by atoms with Crippen LogP contribution >= 0.6 is 0 Å². The number of rotatable bonds is 3. The third-order valence-electron chi connectivity index (χ3n) is 7.03. The largest absolute Gasteiger partial charge is 0.368 e. The van der Waals surface area contributed by atoms with E-state index in [-0.39, 0.29) is 0 Å². The van der Waals surface area contributed by atoms with E-state index in [1.165, 1.54) is 11.3 Å². The van der Waals surface area contributed by atoms with Gasteiger partial charge in [-0.05, 0) is 56.7 Å². The van der Waals surface area contributed by atoms with E-state index in [2.05, 4.69) is 75.8 Å². The third-order valence-corrected chi connectivity index (χ3v) is 7.03. The van der Waals surface area contributed by atoms with Crippen LogP contribution in [-0.4, -0.2) is 64.6 Å². The second kappa shape index (κ2) is 8.50. The molecule has 0 bridgehead atoms. The highest BCUT2D eigenvalue weighted by molar-refractivity contribution is 5.95. The summed E-state index contributed by atoms with van der Waals surface area (Å²) in [6.45, 7) is 12.7. The number of hydrogen-bond acceptors (Lipinski definition) is 6. The van der Waals surface area contributed by atoms with Crippen molar-refractivity contribution < 1.29 is 0 Å². The highest BCUT2D eigenvalue weighted by Crippen LogP contribution is 2.32. The van der Waals surface area contributed by atoms with E-state index in [4.69, 9.17) is 0 Å².